The van der Waals surface area contributed by atoms with Gasteiger partial charge in [0, 0.05) is 55.6 Å². The monoisotopic (exact) mass is 550 g/mol. The highest BCUT2D eigenvalue weighted by Crippen LogP contribution is 2.33. The molecule has 1 aromatic heterocycles. The Bertz CT molecular complexity index is 1520. The molecule has 4 aromatic rings. The summed E-state index contributed by atoms with van der Waals surface area (Å²) in [6.45, 7) is 12.5. The van der Waals surface area contributed by atoms with Crippen LogP contribution in [0.3, 0.4) is 0 Å². The molecule has 41 heavy (non-hydrogen) atoms. The molecule has 1 saturated heterocycles. The lowest BCUT2D eigenvalue weighted by Gasteiger charge is -2.34. The lowest BCUT2D eigenvalue weighted by atomic mass is 9.86. The van der Waals surface area contributed by atoms with Crippen LogP contribution in [-0.2, 0) is 4.79 Å². The molecular formula is C35H42N4O2. The van der Waals surface area contributed by atoms with Gasteiger partial charge in [0.15, 0.2) is 5.78 Å². The van der Waals surface area contributed by atoms with Gasteiger partial charge in [-0.25, -0.2) is 0 Å². The van der Waals surface area contributed by atoms with Crippen LogP contribution in [0.5, 0.6) is 5.75 Å². The Hall–Kier alpha value is -3.90. The molecule has 0 aliphatic carbocycles. The number of Topliss-reactive ketones (excluding diaryl/α,β-unsaturated/α-hetero) is 1. The van der Waals surface area contributed by atoms with E-state index in [2.05, 4.69) is 98.4 Å². The third-order valence-electron chi connectivity index (χ3n) is 7.87. The third-order valence-corrected chi connectivity index (χ3v) is 7.87. The summed E-state index contributed by atoms with van der Waals surface area (Å²) in [5.74, 6) is 1.01. The second-order valence-corrected chi connectivity index (χ2v) is 12.4. The summed E-state index contributed by atoms with van der Waals surface area (Å²) in [7, 11) is 3.86. The van der Waals surface area contributed by atoms with Gasteiger partial charge in [-0.15, -0.1) is 0 Å². The number of anilines is 2. The summed E-state index contributed by atoms with van der Waals surface area (Å²) in [6.07, 6.45) is 2.28. The molecule has 1 N–H and O–H groups in total. The van der Waals surface area contributed by atoms with Gasteiger partial charge < -0.3 is 19.9 Å². The van der Waals surface area contributed by atoms with Crippen LogP contribution >= 0.6 is 0 Å². The van der Waals surface area contributed by atoms with E-state index in [1.165, 1.54) is 5.69 Å². The Morgan fingerprint density at radius 1 is 0.951 bits per heavy atom. The van der Waals surface area contributed by atoms with Crippen molar-refractivity contribution in [3.63, 3.8) is 0 Å². The molecule has 1 aliphatic rings. The minimum Gasteiger partial charge on any atom is -0.496 e. The standard InChI is InChI=1S/C35H42N4O2/c1-24-21-26(9-14-32(24)41-6)25-7-10-28(11-8-25)37-34(31(40)23-35(2,3)4)33-30-13-12-29(22-27(30)15-16-36-33)39-19-17-38(5)18-20-39/h7-16,21-22,34,37H,17-20,23H2,1-6H3. The predicted octanol–water partition coefficient (Wildman–Crippen LogP) is 7.13. The predicted molar refractivity (Wildman–Crippen MR) is 170 cm³/mol. The van der Waals surface area contributed by atoms with Crippen molar-refractivity contribution in [1.29, 1.82) is 0 Å². The van der Waals surface area contributed by atoms with E-state index in [0.29, 0.717) is 6.42 Å². The van der Waals surface area contributed by atoms with Gasteiger partial charge in [0.05, 0.1) is 12.8 Å². The molecule has 214 valence electrons. The number of rotatable bonds is 8. The van der Waals surface area contributed by atoms with Crippen LogP contribution in [0.1, 0.15) is 44.5 Å². The lowest BCUT2D eigenvalue weighted by Crippen LogP contribution is -2.44. The molecule has 1 unspecified atom stereocenters. The van der Waals surface area contributed by atoms with Crippen LogP contribution in [0.15, 0.2) is 72.9 Å². The number of hydrogen-bond donors (Lipinski definition) is 1. The molecule has 1 aliphatic heterocycles. The SMILES string of the molecule is COc1ccc(-c2ccc(NC(C(=O)CC(C)(C)C)c3nccc4cc(N5CCN(C)CC5)ccc34)cc2)cc1C. The number of benzene rings is 3. The number of piperazine rings is 1. The van der Waals surface area contributed by atoms with Crippen LogP contribution in [-0.4, -0.2) is 56.0 Å². The molecule has 0 spiro atoms. The smallest absolute Gasteiger partial charge is 0.161 e. The third kappa shape index (κ3) is 6.71. The maximum absolute atomic E-state index is 13.8. The summed E-state index contributed by atoms with van der Waals surface area (Å²) in [6, 6.07) is 22.5. The van der Waals surface area contributed by atoms with Crippen LogP contribution in [0.25, 0.3) is 21.9 Å². The maximum Gasteiger partial charge on any atom is 0.161 e. The maximum atomic E-state index is 13.8. The number of methoxy groups -OCH3 is 1. The first-order chi connectivity index (χ1) is 19.6. The second kappa shape index (κ2) is 11.9. The fourth-order valence-corrected chi connectivity index (χ4v) is 5.59. The molecule has 2 heterocycles. The van der Waals surface area contributed by atoms with Gasteiger partial charge in [-0.2, -0.15) is 0 Å². The average Bonchev–Trinajstić information content (AvgIpc) is 2.95. The Morgan fingerprint density at radius 3 is 2.32 bits per heavy atom. The number of ether oxygens (including phenoxy) is 1. The van der Waals surface area contributed by atoms with E-state index in [1.54, 1.807) is 7.11 Å². The van der Waals surface area contributed by atoms with Gasteiger partial charge in [-0.05, 0) is 83.9 Å². The number of nitrogens with zero attached hydrogens (tertiary/aromatic N) is 3. The normalized spacial score (nSPS) is 15.1. The number of aryl methyl sites for hydroxylation is 1. The molecule has 0 bridgehead atoms. The molecule has 3 aromatic carbocycles. The Labute approximate surface area is 244 Å². The Balaban J connectivity index is 1.45. The molecule has 1 atom stereocenters. The van der Waals surface area contributed by atoms with Crippen molar-refractivity contribution in [3.05, 3.63) is 84.2 Å². The van der Waals surface area contributed by atoms with Crippen LogP contribution in [0.2, 0.25) is 0 Å². The van der Waals surface area contributed by atoms with E-state index < -0.39 is 6.04 Å². The first-order valence-corrected chi connectivity index (χ1v) is 14.5. The minimum absolute atomic E-state index is 0.133. The minimum atomic E-state index is -0.554. The highest BCUT2D eigenvalue weighted by molar-refractivity contribution is 5.95. The first-order valence-electron chi connectivity index (χ1n) is 14.5. The zero-order valence-corrected chi connectivity index (χ0v) is 25.2. The largest absolute Gasteiger partial charge is 0.496 e. The number of pyridine rings is 1. The van der Waals surface area contributed by atoms with Gasteiger partial charge >= 0.3 is 0 Å². The van der Waals surface area contributed by atoms with Crippen molar-refractivity contribution < 1.29 is 9.53 Å². The number of carbonyl (C=O) groups is 1. The average molecular weight is 551 g/mol. The van der Waals surface area contributed by atoms with Crippen LogP contribution in [0.4, 0.5) is 11.4 Å². The summed E-state index contributed by atoms with van der Waals surface area (Å²) >= 11 is 0. The van der Waals surface area contributed by atoms with E-state index in [9.17, 15) is 4.79 Å². The number of carbonyl (C=O) groups excluding carboxylic acids is 1. The van der Waals surface area contributed by atoms with Gasteiger partial charge in [0.1, 0.15) is 11.8 Å². The van der Waals surface area contributed by atoms with Crippen LogP contribution < -0.4 is 15.0 Å². The quantitative estimate of drug-likeness (QED) is 0.252. The molecule has 1 fully saturated rings. The lowest BCUT2D eigenvalue weighted by molar-refractivity contribution is -0.121. The number of fused-ring (bicyclic) bond motifs is 1. The molecule has 0 amide bonds. The van der Waals surface area contributed by atoms with Gasteiger partial charge in [0.2, 0.25) is 0 Å². The molecule has 6 nitrogen and oxygen atoms in total. The van der Waals surface area contributed by atoms with E-state index in [0.717, 1.165) is 70.8 Å². The number of aromatic nitrogens is 1. The molecule has 5 rings (SSSR count). The van der Waals surface area contributed by atoms with Crippen molar-refractivity contribution in [2.45, 2.75) is 40.2 Å². The zero-order chi connectivity index (χ0) is 29.1. The fraction of sp³-hybridized carbons (Fsp3) is 0.371. The summed E-state index contributed by atoms with van der Waals surface area (Å²) in [4.78, 5) is 23.4. The summed E-state index contributed by atoms with van der Waals surface area (Å²) in [5.41, 5.74) is 6.08. The molecular weight excluding hydrogens is 508 g/mol. The van der Waals surface area contributed by atoms with Crippen molar-refractivity contribution in [2.75, 3.05) is 50.6 Å². The first kappa shape index (κ1) is 28.6. The molecule has 0 saturated carbocycles. The second-order valence-electron chi connectivity index (χ2n) is 12.4. The Kier molecular flexibility index (Phi) is 8.32. The van der Waals surface area contributed by atoms with E-state index in [-0.39, 0.29) is 11.2 Å². The number of ketones is 1. The topological polar surface area (TPSA) is 57.7 Å². The van der Waals surface area contributed by atoms with Gasteiger partial charge in [-0.1, -0.05) is 45.0 Å². The number of hydrogen-bond acceptors (Lipinski definition) is 6. The van der Waals surface area contributed by atoms with Gasteiger partial charge in [0.25, 0.3) is 0 Å². The Morgan fingerprint density at radius 2 is 1.66 bits per heavy atom. The van der Waals surface area contributed by atoms with Crippen molar-refractivity contribution in [1.82, 2.24) is 9.88 Å². The highest BCUT2D eigenvalue weighted by Gasteiger charge is 2.28. The highest BCUT2D eigenvalue weighted by atomic mass is 16.5. The summed E-state index contributed by atoms with van der Waals surface area (Å²) in [5, 5.41) is 5.67. The van der Waals surface area contributed by atoms with E-state index >= 15 is 0 Å². The molecule has 0 radical (unpaired) electrons. The number of nitrogens with one attached hydrogen (secondary N) is 1. The van der Waals surface area contributed by atoms with Crippen molar-refractivity contribution in [2.24, 2.45) is 5.41 Å². The molecule has 6 heteroatoms. The number of likely N-dealkylation sites (N-methyl/N-ethyl adjacent to an activating group) is 1. The summed E-state index contributed by atoms with van der Waals surface area (Å²) < 4.78 is 5.42. The van der Waals surface area contributed by atoms with E-state index in [4.69, 9.17) is 9.72 Å². The van der Waals surface area contributed by atoms with E-state index in [1.807, 2.05) is 24.4 Å². The van der Waals surface area contributed by atoms with Crippen molar-refractivity contribution >= 4 is 27.9 Å². The van der Waals surface area contributed by atoms with Crippen LogP contribution in [0, 0.1) is 12.3 Å². The zero-order valence-electron chi connectivity index (χ0n) is 25.2. The van der Waals surface area contributed by atoms with Gasteiger partial charge in [-0.3, -0.25) is 9.78 Å². The van der Waals surface area contributed by atoms with Crippen molar-refractivity contribution in [3.8, 4) is 16.9 Å². The fourth-order valence-electron chi connectivity index (χ4n) is 5.59.